The quantitative estimate of drug-likeness (QED) is 0.0877. The minimum atomic E-state index is -2.04. The fraction of sp³-hybridized carbons (Fsp3) is 0.511. The van der Waals surface area contributed by atoms with Gasteiger partial charge in [-0.25, -0.2) is 9.98 Å². The molecule has 3 aromatic rings. The molecule has 1 spiro atoms. The number of hydrogen-bond acceptors (Lipinski definition) is 19. The van der Waals surface area contributed by atoms with Crippen LogP contribution in [0.2, 0.25) is 0 Å². The number of nitrogens with one attached hydrogen (secondary N) is 2. The van der Waals surface area contributed by atoms with Gasteiger partial charge in [-0.15, -0.1) is 0 Å². The minimum Gasteiger partial charge on any atom is -0.507 e. The van der Waals surface area contributed by atoms with Crippen LogP contribution < -0.4 is 26.1 Å². The number of ether oxygens (including phenoxy) is 4. The number of nitro groups is 1. The van der Waals surface area contributed by atoms with E-state index < -0.39 is 99.5 Å². The number of phenols is 2. The van der Waals surface area contributed by atoms with Crippen molar-refractivity contribution in [2.24, 2.45) is 33.7 Å². The van der Waals surface area contributed by atoms with E-state index in [2.05, 4.69) is 20.6 Å². The van der Waals surface area contributed by atoms with E-state index in [0.29, 0.717) is 13.1 Å². The van der Waals surface area contributed by atoms with Gasteiger partial charge in [0.15, 0.2) is 10.9 Å². The van der Waals surface area contributed by atoms with Gasteiger partial charge in [-0.3, -0.25) is 39.2 Å². The van der Waals surface area contributed by atoms with Gasteiger partial charge in [0, 0.05) is 87.1 Å². The third-order valence-corrected chi connectivity index (χ3v) is 14.4. The van der Waals surface area contributed by atoms with E-state index >= 15 is 0 Å². The molecule has 0 saturated carbocycles. The number of hydrogen-bond donors (Lipinski definition) is 6. The van der Waals surface area contributed by atoms with Crippen LogP contribution in [0.3, 0.4) is 0 Å². The zero-order chi connectivity index (χ0) is 50.4. The van der Waals surface area contributed by atoms with E-state index in [0.717, 1.165) is 17.5 Å². The Bertz CT molecular complexity index is 2820. The summed E-state index contributed by atoms with van der Waals surface area (Å²) in [5.74, 6) is -8.24. The van der Waals surface area contributed by atoms with Gasteiger partial charge in [-0.05, 0) is 31.3 Å². The summed E-state index contributed by atoms with van der Waals surface area (Å²) in [5.41, 5.74) is -0.766. The average molecular weight is 976 g/mol. The van der Waals surface area contributed by atoms with Gasteiger partial charge in [0.25, 0.3) is 11.7 Å². The number of aromatic hydroxyl groups is 2. The smallest absolute Gasteiger partial charge is 0.345 e. The summed E-state index contributed by atoms with van der Waals surface area (Å²) >= 11 is 0.734. The van der Waals surface area contributed by atoms with Crippen molar-refractivity contribution >= 4 is 61.5 Å². The lowest BCUT2D eigenvalue weighted by atomic mass is 9.78. The number of thiazole rings is 1. The number of ketones is 1. The van der Waals surface area contributed by atoms with E-state index in [4.69, 9.17) is 23.9 Å². The first-order valence-corrected chi connectivity index (χ1v) is 23.3. The number of esters is 1. The second-order valence-corrected chi connectivity index (χ2v) is 19.4. The summed E-state index contributed by atoms with van der Waals surface area (Å²) in [6.07, 6.45) is 5.09. The Balaban J connectivity index is 1.32. The molecule has 9 atom stereocenters. The molecule has 2 aromatic carbocycles. The van der Waals surface area contributed by atoms with Gasteiger partial charge in [0.2, 0.25) is 5.91 Å². The first-order valence-electron chi connectivity index (χ1n) is 22.5. The van der Waals surface area contributed by atoms with Crippen LogP contribution in [0.25, 0.3) is 10.8 Å². The number of aliphatic hydroxyl groups excluding tert-OH is 2. The SMILES string of the molecule is CO[C@H]1C=CO[C@@]2(C)Oc3c(C)c(O)c4c(O)c(c5c(c4c3C2=O)NC2(CCN(CC(=O)Nc3ncc([N+](=O)[O-])s3)CC2)N=5)=NC(=O)C(C)=CC=C[C@H](C)[C@H](O)[C@@H](C)[C@@H](O)[C@@H](C)[C@H](OC(C)=O)[C@@H]1C. The number of allylic oxidation sites excluding steroid dienone is 2. The number of benzene rings is 2. The lowest BCUT2D eigenvalue weighted by Crippen LogP contribution is -2.48. The van der Waals surface area contributed by atoms with Gasteiger partial charge in [-0.1, -0.05) is 45.9 Å². The summed E-state index contributed by atoms with van der Waals surface area (Å²) < 4.78 is 23.9. The van der Waals surface area contributed by atoms with Crippen LogP contribution in [-0.2, 0) is 28.6 Å². The number of carbonyl (C=O) groups is 4. The molecule has 370 valence electrons. The molecule has 1 saturated heterocycles. The van der Waals surface area contributed by atoms with Crippen molar-refractivity contribution in [2.75, 3.05) is 37.4 Å². The van der Waals surface area contributed by atoms with Crippen LogP contribution in [0.1, 0.15) is 77.2 Å². The van der Waals surface area contributed by atoms with Crippen molar-refractivity contribution < 1.29 is 63.5 Å². The van der Waals surface area contributed by atoms with Crippen LogP contribution in [-0.4, -0.2) is 121 Å². The topological polar surface area (TPSA) is 294 Å². The lowest BCUT2D eigenvalue weighted by molar-refractivity contribution is -0.380. The third-order valence-electron chi connectivity index (χ3n) is 13.6. The van der Waals surface area contributed by atoms with Crippen molar-refractivity contribution in [1.29, 1.82) is 0 Å². The molecule has 4 aliphatic heterocycles. The monoisotopic (exact) mass is 975 g/mol. The Hall–Kier alpha value is -6.33. The largest absolute Gasteiger partial charge is 0.507 e. The molecule has 4 aliphatic rings. The lowest BCUT2D eigenvalue weighted by Gasteiger charge is -2.38. The van der Waals surface area contributed by atoms with Crippen molar-refractivity contribution in [3.63, 3.8) is 0 Å². The van der Waals surface area contributed by atoms with Gasteiger partial charge in [0.1, 0.15) is 40.2 Å². The van der Waals surface area contributed by atoms with Crippen molar-refractivity contribution in [1.82, 2.24) is 9.88 Å². The minimum absolute atomic E-state index is 0.0339. The summed E-state index contributed by atoms with van der Waals surface area (Å²) in [4.78, 5) is 79.9. The van der Waals surface area contributed by atoms with Crippen LogP contribution >= 0.6 is 11.3 Å². The van der Waals surface area contributed by atoms with Crippen molar-refractivity contribution in [3.05, 3.63) is 74.3 Å². The highest BCUT2D eigenvalue weighted by Crippen LogP contribution is 2.51. The number of piperidine rings is 1. The average Bonchev–Trinajstić information content (AvgIpc) is 4.00. The van der Waals surface area contributed by atoms with Crippen molar-refractivity contribution in [3.8, 4) is 17.2 Å². The summed E-state index contributed by atoms with van der Waals surface area (Å²) in [5, 5.41) is 63.7. The number of phenolic OH excluding ortho intramolecular Hbond substituents is 2. The summed E-state index contributed by atoms with van der Waals surface area (Å²) in [6.45, 7) is 13.1. The highest BCUT2D eigenvalue weighted by atomic mass is 32.1. The molecule has 6 N–H and O–H groups in total. The number of likely N-dealkylation sites (tertiary alicyclic amines) is 1. The Kier molecular flexibility index (Phi) is 14.3. The summed E-state index contributed by atoms with van der Waals surface area (Å²) in [6, 6.07) is 0. The van der Waals surface area contributed by atoms with E-state index in [-0.39, 0.29) is 79.1 Å². The maximum atomic E-state index is 14.8. The number of rotatable bonds is 6. The molecule has 4 bridgehead atoms. The van der Waals surface area contributed by atoms with E-state index in [1.54, 1.807) is 39.8 Å². The number of anilines is 2. The molecule has 1 aromatic heterocycles. The number of aliphatic hydroxyl groups is 2. The van der Waals surface area contributed by atoms with Gasteiger partial charge in [-0.2, -0.15) is 0 Å². The fourth-order valence-electron chi connectivity index (χ4n) is 9.47. The maximum Gasteiger partial charge on any atom is 0.345 e. The Morgan fingerprint density at radius 3 is 2.36 bits per heavy atom. The number of Topliss-reactive ketones (excluding diaryl/α,β-unsaturated/α-hetero) is 1. The first-order chi connectivity index (χ1) is 32.5. The number of aromatic nitrogens is 1. The molecule has 2 amide bonds. The highest BCUT2D eigenvalue weighted by molar-refractivity contribution is 7.18. The predicted octanol–water partition coefficient (Wildman–Crippen LogP) is 4.10. The molecule has 5 heterocycles. The zero-order valence-electron chi connectivity index (χ0n) is 39.6. The Morgan fingerprint density at radius 2 is 1.72 bits per heavy atom. The number of nitrogens with zero attached hydrogens (tertiary/aromatic N) is 5. The molecule has 0 aliphatic carbocycles. The van der Waals surface area contributed by atoms with E-state index in [9.17, 15) is 49.7 Å². The third kappa shape index (κ3) is 9.67. The maximum absolute atomic E-state index is 14.8. The fourth-order valence-corrected chi connectivity index (χ4v) is 10.1. The second kappa shape index (κ2) is 19.6. The van der Waals surface area contributed by atoms with Gasteiger partial charge >= 0.3 is 16.8 Å². The van der Waals surface area contributed by atoms with Crippen LogP contribution in [0.15, 0.2) is 52.3 Å². The van der Waals surface area contributed by atoms with Crippen LogP contribution in [0.4, 0.5) is 15.8 Å². The van der Waals surface area contributed by atoms with E-state index in [1.807, 2.05) is 4.90 Å². The Labute approximate surface area is 400 Å². The molecule has 0 radical (unpaired) electrons. The van der Waals surface area contributed by atoms with Gasteiger partial charge in [0.05, 0.1) is 52.7 Å². The number of fused-ring (bicyclic) bond motifs is 1. The van der Waals surface area contributed by atoms with Crippen LogP contribution in [0, 0.1) is 40.7 Å². The molecule has 7 rings (SSSR count). The first kappa shape index (κ1) is 50.5. The molecule has 0 unspecified atom stereocenters. The summed E-state index contributed by atoms with van der Waals surface area (Å²) in [7, 11) is 1.43. The normalized spacial score (nSPS) is 28.3. The van der Waals surface area contributed by atoms with Crippen molar-refractivity contribution in [2.45, 2.75) is 104 Å². The Morgan fingerprint density at radius 1 is 1.03 bits per heavy atom. The predicted molar refractivity (Wildman–Crippen MR) is 250 cm³/mol. The van der Waals surface area contributed by atoms with Gasteiger partial charge < -0.3 is 50.0 Å². The molecular weight excluding hydrogens is 919 g/mol. The molecule has 69 heavy (non-hydrogen) atoms. The number of carbonyl (C=O) groups excluding carboxylic acids is 4. The molecule has 1 fully saturated rings. The standard InChI is InChI=1S/C47H57N7O14S/c1-21-11-10-12-22(2)44(62)50-36-35-34(51-47(52-35)14-16-53(17-15-47)20-29(56)49-45-48-19-30(69-45)54(63)64)31-32(40(36)60)39(59)26(6)42-33(31)43(61)46(8,68-42)66-18-13-28(65-9)23(3)41(67-27(7)55)25(5)38(58)24(4)37(21)57/h10-13,18-19,21,23-25,28,37-38,41,51,57-60H,14-17,20H2,1-9H3,(H,48,49,56)/t21-,23+,24+,25+,28-,37-,38+,41+,46-/m0/s1. The number of methoxy groups -OCH3 is 1. The van der Waals surface area contributed by atoms with E-state index in [1.165, 1.54) is 53.2 Å². The number of amides is 2. The zero-order valence-corrected chi connectivity index (χ0v) is 40.5. The highest BCUT2D eigenvalue weighted by Gasteiger charge is 2.51. The van der Waals surface area contributed by atoms with Crippen LogP contribution in [0.5, 0.6) is 17.2 Å². The molecular formula is C47H57N7O14S. The molecule has 22 heteroatoms. The molecule has 21 nitrogen and oxygen atoms in total. The second-order valence-electron chi connectivity index (χ2n) is 18.4.